The van der Waals surface area contributed by atoms with Crippen LogP contribution >= 0.6 is 0 Å². The largest absolute Gasteiger partial charge is 0.400 e. The van der Waals surface area contributed by atoms with E-state index >= 15 is 0 Å². The van der Waals surface area contributed by atoms with Crippen molar-refractivity contribution in [2.75, 3.05) is 6.61 Å². The predicted molar refractivity (Wildman–Crippen MR) is 54.4 cm³/mol. The summed E-state index contributed by atoms with van der Waals surface area (Å²) in [6, 6.07) is 0. The number of aliphatic hydroxyl groups excluding tert-OH is 1. The van der Waals surface area contributed by atoms with Crippen molar-refractivity contribution < 1.29 is 36.1 Å². The first-order chi connectivity index (χ1) is 8.27. The van der Waals surface area contributed by atoms with Gasteiger partial charge in [-0.2, -0.15) is 8.42 Å². The molecule has 3 fully saturated rings. The fraction of sp³-hybridized carbons (Fsp3) is 1.00. The van der Waals surface area contributed by atoms with E-state index < -0.39 is 46.9 Å². The van der Waals surface area contributed by atoms with E-state index in [0.717, 1.165) is 0 Å². The van der Waals surface area contributed by atoms with Gasteiger partial charge in [0.2, 0.25) is 0 Å². The molecule has 0 aliphatic carbocycles. The minimum atomic E-state index is -3.97. The second-order valence-corrected chi connectivity index (χ2v) is 6.13. The van der Waals surface area contributed by atoms with Crippen molar-refractivity contribution in [1.82, 2.24) is 0 Å². The molecule has 8 nitrogen and oxygen atoms in total. The van der Waals surface area contributed by atoms with E-state index in [4.69, 9.17) is 18.4 Å². The zero-order chi connectivity index (χ0) is 13.1. The van der Waals surface area contributed by atoms with E-state index in [1.165, 1.54) is 0 Å². The Balaban J connectivity index is 1.79. The molecule has 3 aliphatic rings. The monoisotopic (exact) mass is 282 g/mol. The van der Waals surface area contributed by atoms with Gasteiger partial charge in [-0.1, -0.05) is 0 Å². The van der Waals surface area contributed by atoms with Crippen LogP contribution < -0.4 is 0 Å². The first-order valence-corrected chi connectivity index (χ1v) is 6.88. The summed E-state index contributed by atoms with van der Waals surface area (Å²) in [6.07, 6.45) is -4.00. The summed E-state index contributed by atoms with van der Waals surface area (Å²) in [5.41, 5.74) is 0. The molecule has 0 aromatic carbocycles. The molecule has 3 saturated heterocycles. The molecular weight excluding hydrogens is 268 g/mol. The van der Waals surface area contributed by atoms with Crippen LogP contribution in [0.15, 0.2) is 0 Å². The van der Waals surface area contributed by atoms with Gasteiger partial charge in [0.1, 0.15) is 24.4 Å². The lowest BCUT2D eigenvalue weighted by atomic mass is 10.1. The van der Waals surface area contributed by atoms with Gasteiger partial charge in [0.25, 0.3) is 0 Å². The van der Waals surface area contributed by atoms with E-state index in [9.17, 15) is 13.5 Å². The lowest BCUT2D eigenvalue weighted by Gasteiger charge is -2.24. The van der Waals surface area contributed by atoms with E-state index in [1.54, 1.807) is 13.8 Å². The number of aliphatic hydroxyl groups is 1. The van der Waals surface area contributed by atoms with Crippen molar-refractivity contribution >= 4 is 10.4 Å². The second kappa shape index (κ2) is 3.85. The molecule has 0 saturated carbocycles. The van der Waals surface area contributed by atoms with Crippen molar-refractivity contribution in [1.29, 1.82) is 0 Å². The van der Waals surface area contributed by atoms with Crippen molar-refractivity contribution in [2.24, 2.45) is 0 Å². The van der Waals surface area contributed by atoms with E-state index in [1.807, 2.05) is 0 Å². The molecule has 5 atom stereocenters. The van der Waals surface area contributed by atoms with Crippen molar-refractivity contribution in [2.45, 2.75) is 50.3 Å². The normalized spacial score (nSPS) is 49.4. The molecular formula is C9H14O8S. The highest BCUT2D eigenvalue weighted by Gasteiger charge is 2.58. The van der Waals surface area contributed by atoms with Gasteiger partial charge in [-0.15, -0.1) is 0 Å². The van der Waals surface area contributed by atoms with Gasteiger partial charge in [0.15, 0.2) is 12.1 Å². The first-order valence-electron chi connectivity index (χ1n) is 5.54. The average molecular weight is 282 g/mol. The molecule has 3 rings (SSSR count). The minimum absolute atomic E-state index is 0.160. The quantitative estimate of drug-likeness (QED) is 0.645. The molecule has 0 aromatic heterocycles. The SMILES string of the molecule is CC1(C)O[C@@H]2[C@H](O1)[C@@H](O)O[C@@H]2[C@H]1COS(=O)(=O)O1. The maximum absolute atomic E-state index is 11.1. The Labute approximate surface area is 104 Å². The summed E-state index contributed by atoms with van der Waals surface area (Å²) >= 11 is 0. The lowest BCUT2D eigenvalue weighted by Crippen LogP contribution is -2.39. The molecule has 1 N–H and O–H groups in total. The minimum Gasteiger partial charge on any atom is -0.366 e. The summed E-state index contributed by atoms with van der Waals surface area (Å²) in [5.74, 6) is -0.851. The standard InChI is InChI=1S/C9H14O8S/c1-9(2)15-6-5(14-8(10)7(6)16-9)4-3-13-18(11,12)17-4/h4-8,10H,3H2,1-2H3/t4-,5-,6+,7+,8+/m1/s1. The Kier molecular flexibility index (Phi) is 2.73. The smallest absolute Gasteiger partial charge is 0.366 e. The van der Waals surface area contributed by atoms with Crippen LogP contribution in [0.4, 0.5) is 0 Å². The summed E-state index contributed by atoms with van der Waals surface area (Å²) < 4.78 is 47.7. The highest BCUT2D eigenvalue weighted by molar-refractivity contribution is 7.82. The third-order valence-corrected chi connectivity index (χ3v) is 3.96. The fourth-order valence-corrected chi connectivity index (χ4v) is 3.24. The number of ether oxygens (including phenoxy) is 3. The van der Waals surface area contributed by atoms with Crippen LogP contribution in [-0.2, 0) is 33.0 Å². The van der Waals surface area contributed by atoms with Crippen LogP contribution in [0.5, 0.6) is 0 Å². The van der Waals surface area contributed by atoms with Crippen molar-refractivity contribution in [3.8, 4) is 0 Å². The number of hydrogen-bond donors (Lipinski definition) is 1. The molecule has 0 aromatic rings. The molecule has 3 aliphatic heterocycles. The van der Waals surface area contributed by atoms with E-state index in [2.05, 4.69) is 4.18 Å². The lowest BCUT2D eigenvalue weighted by molar-refractivity contribution is -0.227. The average Bonchev–Trinajstić information content (AvgIpc) is 2.81. The van der Waals surface area contributed by atoms with Crippen LogP contribution in [0.2, 0.25) is 0 Å². The first kappa shape index (κ1) is 12.7. The molecule has 0 radical (unpaired) electrons. The highest BCUT2D eigenvalue weighted by atomic mass is 32.3. The Morgan fingerprint density at radius 1 is 1.17 bits per heavy atom. The van der Waals surface area contributed by atoms with Crippen LogP contribution in [0.1, 0.15) is 13.8 Å². The van der Waals surface area contributed by atoms with Crippen molar-refractivity contribution in [3.05, 3.63) is 0 Å². The topological polar surface area (TPSA) is 101 Å². The molecule has 0 spiro atoms. The van der Waals surface area contributed by atoms with Gasteiger partial charge in [-0.3, -0.25) is 0 Å². The van der Waals surface area contributed by atoms with Crippen molar-refractivity contribution in [3.63, 3.8) is 0 Å². The van der Waals surface area contributed by atoms with Gasteiger partial charge >= 0.3 is 10.4 Å². The van der Waals surface area contributed by atoms with Crippen LogP contribution in [-0.4, -0.2) is 56.6 Å². The zero-order valence-electron chi connectivity index (χ0n) is 9.81. The van der Waals surface area contributed by atoms with Gasteiger partial charge in [0, 0.05) is 0 Å². The second-order valence-electron chi connectivity index (χ2n) is 4.88. The number of fused-ring (bicyclic) bond motifs is 1. The van der Waals surface area contributed by atoms with E-state index in [-0.39, 0.29) is 6.61 Å². The summed E-state index contributed by atoms with van der Waals surface area (Å²) in [6.45, 7) is 3.25. The third-order valence-electron chi connectivity index (χ3n) is 3.05. The molecule has 104 valence electrons. The Bertz CT molecular complexity index is 445. The maximum atomic E-state index is 11.1. The predicted octanol–water partition coefficient (Wildman–Crippen LogP) is -1.12. The number of hydrogen-bond acceptors (Lipinski definition) is 8. The number of rotatable bonds is 1. The third kappa shape index (κ3) is 2.05. The Hall–Kier alpha value is -0.290. The Morgan fingerprint density at radius 2 is 1.83 bits per heavy atom. The Morgan fingerprint density at radius 3 is 2.44 bits per heavy atom. The van der Waals surface area contributed by atoms with Gasteiger partial charge in [0.05, 0.1) is 6.61 Å². The highest BCUT2D eigenvalue weighted by Crippen LogP contribution is 2.40. The molecule has 0 unspecified atom stereocenters. The molecule has 9 heteroatoms. The molecule has 0 bridgehead atoms. The van der Waals surface area contributed by atoms with Gasteiger partial charge < -0.3 is 19.3 Å². The fourth-order valence-electron chi connectivity index (χ4n) is 2.41. The van der Waals surface area contributed by atoms with Crippen LogP contribution in [0.3, 0.4) is 0 Å². The molecule has 18 heavy (non-hydrogen) atoms. The zero-order valence-corrected chi connectivity index (χ0v) is 10.6. The molecule has 0 amide bonds. The van der Waals surface area contributed by atoms with Gasteiger partial charge in [-0.05, 0) is 13.8 Å². The van der Waals surface area contributed by atoms with Crippen LogP contribution in [0.25, 0.3) is 0 Å². The molecule has 3 heterocycles. The van der Waals surface area contributed by atoms with E-state index in [0.29, 0.717) is 0 Å². The summed E-state index contributed by atoms with van der Waals surface area (Å²) in [5, 5.41) is 9.72. The van der Waals surface area contributed by atoms with Gasteiger partial charge in [-0.25, -0.2) is 8.37 Å². The maximum Gasteiger partial charge on any atom is 0.400 e. The summed E-state index contributed by atoms with van der Waals surface area (Å²) in [7, 11) is -3.97. The summed E-state index contributed by atoms with van der Waals surface area (Å²) in [4.78, 5) is 0. The van der Waals surface area contributed by atoms with Crippen LogP contribution in [0, 0.1) is 0 Å².